The Bertz CT molecular complexity index is 1170. The van der Waals surface area contributed by atoms with Gasteiger partial charge in [0.15, 0.2) is 5.82 Å². The first-order valence-corrected chi connectivity index (χ1v) is 12.6. The normalized spacial score (nSPS) is 20.3. The van der Waals surface area contributed by atoms with Crippen molar-refractivity contribution in [3.05, 3.63) is 77.5 Å². The van der Waals surface area contributed by atoms with Gasteiger partial charge < -0.3 is 15.3 Å². The average molecular weight is 472 g/mol. The molecule has 7 nitrogen and oxygen atoms in total. The summed E-state index contributed by atoms with van der Waals surface area (Å²) in [4.78, 5) is 26.8. The minimum Gasteiger partial charge on any atom is -0.390 e. The number of nitrogens with zero attached hydrogens (tertiary/aromatic N) is 4. The highest BCUT2D eigenvalue weighted by atomic mass is 16.3. The number of rotatable bonds is 6. The fraction of sp³-hybridized carbons (Fsp3) is 0.393. The Labute approximate surface area is 206 Å². The lowest BCUT2D eigenvalue weighted by molar-refractivity contribution is -0.0139. The van der Waals surface area contributed by atoms with E-state index in [4.69, 9.17) is 0 Å². The van der Waals surface area contributed by atoms with Crippen LogP contribution in [-0.4, -0.2) is 69.1 Å². The maximum absolute atomic E-state index is 13.5. The van der Waals surface area contributed by atoms with Gasteiger partial charge in [0.25, 0.3) is 5.91 Å². The van der Waals surface area contributed by atoms with Gasteiger partial charge in [-0.05, 0) is 30.4 Å². The van der Waals surface area contributed by atoms with Crippen molar-refractivity contribution in [2.45, 2.75) is 44.9 Å². The molecule has 3 aromatic rings. The van der Waals surface area contributed by atoms with Gasteiger partial charge in [-0.25, -0.2) is 9.97 Å². The van der Waals surface area contributed by atoms with E-state index in [0.717, 1.165) is 44.5 Å². The van der Waals surface area contributed by atoms with E-state index in [1.165, 1.54) is 11.1 Å². The molecular weight excluding hydrogens is 438 g/mol. The number of carbonyl (C=O) groups excluding carboxylic acids is 1. The summed E-state index contributed by atoms with van der Waals surface area (Å²) in [5.41, 5.74) is 3.96. The van der Waals surface area contributed by atoms with Gasteiger partial charge in [-0.15, -0.1) is 0 Å². The fourth-order valence-corrected chi connectivity index (χ4v) is 5.11. The van der Waals surface area contributed by atoms with Crippen LogP contribution in [-0.2, 0) is 13.0 Å². The number of benzene rings is 2. The Balaban J connectivity index is 1.31. The van der Waals surface area contributed by atoms with Crippen molar-refractivity contribution in [1.82, 2.24) is 19.8 Å². The van der Waals surface area contributed by atoms with E-state index in [1.54, 1.807) is 11.0 Å². The summed E-state index contributed by atoms with van der Waals surface area (Å²) in [5.74, 6) is 1.01. The first-order valence-electron chi connectivity index (χ1n) is 12.6. The summed E-state index contributed by atoms with van der Waals surface area (Å²) in [6.07, 6.45) is 2.10. The maximum Gasteiger partial charge on any atom is 0.272 e. The van der Waals surface area contributed by atoms with E-state index in [0.29, 0.717) is 30.4 Å². The lowest BCUT2D eigenvalue weighted by Crippen LogP contribution is -2.56. The molecular formula is C28H33N5O2. The molecule has 0 saturated carbocycles. The Morgan fingerprint density at radius 1 is 1.06 bits per heavy atom. The largest absolute Gasteiger partial charge is 0.390 e. The van der Waals surface area contributed by atoms with Crippen molar-refractivity contribution in [3.8, 4) is 11.4 Å². The monoisotopic (exact) mass is 471 g/mol. The summed E-state index contributed by atoms with van der Waals surface area (Å²) in [6.45, 7) is 5.55. The van der Waals surface area contributed by atoms with Crippen LogP contribution in [0.4, 0.5) is 5.82 Å². The zero-order valence-electron chi connectivity index (χ0n) is 20.2. The molecule has 0 aliphatic carbocycles. The number of nitrogens with one attached hydrogen (secondary N) is 1. The number of β-amino-alcohol motifs (C(OH)–C–C–N with tert-alkyl or cyclic N) is 1. The summed E-state index contributed by atoms with van der Waals surface area (Å²) in [5, 5.41) is 14.3. The molecule has 5 rings (SSSR count). The first-order chi connectivity index (χ1) is 17.1. The first kappa shape index (κ1) is 23.5. The molecule has 1 amide bonds. The van der Waals surface area contributed by atoms with Gasteiger partial charge in [-0.1, -0.05) is 61.5 Å². The highest BCUT2D eigenvalue weighted by molar-refractivity contribution is 5.93. The van der Waals surface area contributed by atoms with Gasteiger partial charge in [-0.2, -0.15) is 0 Å². The molecule has 1 fully saturated rings. The van der Waals surface area contributed by atoms with E-state index in [-0.39, 0.29) is 11.9 Å². The van der Waals surface area contributed by atoms with Gasteiger partial charge in [0, 0.05) is 50.4 Å². The van der Waals surface area contributed by atoms with Crippen LogP contribution in [0.1, 0.15) is 41.4 Å². The van der Waals surface area contributed by atoms with E-state index in [1.807, 2.05) is 30.3 Å². The van der Waals surface area contributed by atoms with Gasteiger partial charge in [-0.3, -0.25) is 9.69 Å². The number of hydrogen-bond acceptors (Lipinski definition) is 6. The second-order valence-corrected chi connectivity index (χ2v) is 9.42. The standard InChI is InChI=1S/C28H33N5O2/c1-2-14-29-26-17-23(30-27(31-26)21-9-4-3-5-10-21)28(35)33-16-13-24(25(34)19-33)32-15-12-20-8-6-7-11-22(20)18-32/h3-11,17,24-25,34H,2,12-16,18-19H2,1H3,(H,29,30,31)/t24-,25-/m0/s1. The summed E-state index contributed by atoms with van der Waals surface area (Å²) >= 11 is 0. The molecule has 2 aromatic carbocycles. The number of likely N-dealkylation sites (tertiary alicyclic amines) is 1. The molecule has 2 N–H and O–H groups in total. The zero-order chi connectivity index (χ0) is 24.2. The SMILES string of the molecule is CCCNc1cc(C(=O)N2CC[C@H](N3CCc4ccccc4C3)[C@@H](O)C2)nc(-c2ccccc2)n1. The van der Waals surface area contributed by atoms with Gasteiger partial charge in [0.05, 0.1) is 6.10 Å². The molecule has 0 bridgehead atoms. The summed E-state index contributed by atoms with van der Waals surface area (Å²) in [6, 6.07) is 20.0. The Morgan fingerprint density at radius 2 is 1.83 bits per heavy atom. The van der Waals surface area contributed by atoms with Crippen LogP contribution in [0.25, 0.3) is 11.4 Å². The molecule has 1 saturated heterocycles. The number of carbonyl (C=O) groups is 1. The van der Waals surface area contributed by atoms with Crippen molar-refractivity contribution < 1.29 is 9.90 Å². The third kappa shape index (κ3) is 5.21. The predicted molar refractivity (Wildman–Crippen MR) is 137 cm³/mol. The smallest absolute Gasteiger partial charge is 0.272 e. The van der Waals surface area contributed by atoms with Crippen LogP contribution in [0, 0.1) is 0 Å². The fourth-order valence-electron chi connectivity index (χ4n) is 5.11. The lowest BCUT2D eigenvalue weighted by Gasteiger charge is -2.43. The highest BCUT2D eigenvalue weighted by Crippen LogP contribution is 2.26. The molecule has 0 radical (unpaired) electrons. The van der Waals surface area contributed by atoms with Crippen LogP contribution in [0.3, 0.4) is 0 Å². The minimum absolute atomic E-state index is 0.0551. The third-order valence-corrected chi connectivity index (χ3v) is 7.00. The second kappa shape index (κ2) is 10.5. The Hall–Kier alpha value is -3.29. The van der Waals surface area contributed by atoms with E-state index in [2.05, 4.69) is 51.4 Å². The number of aliphatic hydroxyl groups excluding tert-OH is 1. The van der Waals surface area contributed by atoms with Crippen molar-refractivity contribution in [2.24, 2.45) is 0 Å². The zero-order valence-corrected chi connectivity index (χ0v) is 20.2. The van der Waals surface area contributed by atoms with Crippen LogP contribution >= 0.6 is 0 Å². The van der Waals surface area contributed by atoms with E-state index in [9.17, 15) is 9.90 Å². The summed E-state index contributed by atoms with van der Waals surface area (Å²) < 4.78 is 0. The van der Waals surface area contributed by atoms with E-state index < -0.39 is 6.10 Å². The summed E-state index contributed by atoms with van der Waals surface area (Å²) in [7, 11) is 0. The molecule has 0 unspecified atom stereocenters. The van der Waals surface area contributed by atoms with Crippen LogP contribution < -0.4 is 5.32 Å². The lowest BCUT2D eigenvalue weighted by atomic mass is 9.94. The average Bonchev–Trinajstić information content (AvgIpc) is 2.91. The number of amides is 1. The third-order valence-electron chi connectivity index (χ3n) is 7.00. The topological polar surface area (TPSA) is 81.6 Å². The second-order valence-electron chi connectivity index (χ2n) is 9.42. The Kier molecular flexibility index (Phi) is 7.06. The number of aromatic nitrogens is 2. The molecule has 35 heavy (non-hydrogen) atoms. The van der Waals surface area contributed by atoms with Gasteiger partial charge >= 0.3 is 0 Å². The molecule has 3 heterocycles. The number of anilines is 1. The van der Waals surface area contributed by atoms with Crippen molar-refractivity contribution in [2.75, 3.05) is 31.5 Å². The van der Waals surface area contributed by atoms with Gasteiger partial charge in [0.2, 0.25) is 0 Å². The Morgan fingerprint density at radius 3 is 2.60 bits per heavy atom. The molecule has 0 spiro atoms. The van der Waals surface area contributed by atoms with E-state index >= 15 is 0 Å². The molecule has 1 aromatic heterocycles. The number of piperidine rings is 1. The highest BCUT2D eigenvalue weighted by Gasteiger charge is 2.35. The maximum atomic E-state index is 13.5. The van der Waals surface area contributed by atoms with Crippen LogP contribution in [0.15, 0.2) is 60.7 Å². The molecule has 7 heteroatoms. The number of fused-ring (bicyclic) bond motifs is 1. The van der Waals surface area contributed by atoms with Crippen molar-refractivity contribution in [3.63, 3.8) is 0 Å². The number of hydrogen-bond donors (Lipinski definition) is 2. The molecule has 182 valence electrons. The predicted octanol–water partition coefficient (Wildman–Crippen LogP) is 3.60. The van der Waals surface area contributed by atoms with Crippen LogP contribution in [0.2, 0.25) is 0 Å². The number of aliphatic hydroxyl groups is 1. The molecule has 2 aliphatic rings. The van der Waals surface area contributed by atoms with Gasteiger partial charge in [0.1, 0.15) is 11.5 Å². The van der Waals surface area contributed by atoms with Crippen molar-refractivity contribution >= 4 is 11.7 Å². The molecule has 2 aliphatic heterocycles. The minimum atomic E-state index is -0.592. The molecule has 2 atom stereocenters. The quantitative estimate of drug-likeness (QED) is 0.572. The van der Waals surface area contributed by atoms with Crippen molar-refractivity contribution in [1.29, 1.82) is 0 Å². The van der Waals surface area contributed by atoms with Crippen LogP contribution in [0.5, 0.6) is 0 Å².